The molecular formula is C22H19N3. The molecule has 0 spiro atoms. The number of hydrogen-bond acceptors (Lipinski definition) is 2. The molecule has 25 heavy (non-hydrogen) atoms. The number of rotatable bonds is 4. The zero-order valence-corrected chi connectivity index (χ0v) is 14.1. The summed E-state index contributed by atoms with van der Waals surface area (Å²) in [7, 11) is 0. The number of para-hydroxylation sites is 1. The normalized spacial score (nSPS) is 10.8. The van der Waals surface area contributed by atoms with E-state index in [1.54, 1.807) is 0 Å². The highest BCUT2D eigenvalue weighted by atomic mass is 15.3. The molecule has 122 valence electrons. The van der Waals surface area contributed by atoms with Gasteiger partial charge in [0.1, 0.15) is 0 Å². The lowest BCUT2D eigenvalue weighted by atomic mass is 10.0. The fraction of sp³-hybridized carbons (Fsp3) is 0.0909. The van der Waals surface area contributed by atoms with Gasteiger partial charge in [-0.1, -0.05) is 79.7 Å². The molecule has 0 fully saturated rings. The van der Waals surface area contributed by atoms with Gasteiger partial charge in [0.2, 0.25) is 0 Å². The molecule has 0 aliphatic carbocycles. The molecule has 0 saturated carbocycles. The van der Waals surface area contributed by atoms with Crippen molar-refractivity contribution in [2.75, 3.05) is 0 Å². The molecule has 3 heteroatoms. The summed E-state index contributed by atoms with van der Waals surface area (Å²) in [6.45, 7) is 2.17. The van der Waals surface area contributed by atoms with Crippen LogP contribution in [0.25, 0.3) is 28.5 Å². The van der Waals surface area contributed by atoms with Crippen LogP contribution in [0.3, 0.4) is 0 Å². The van der Waals surface area contributed by atoms with Gasteiger partial charge in [0.15, 0.2) is 11.6 Å². The van der Waals surface area contributed by atoms with Crippen molar-refractivity contribution in [3.05, 3.63) is 90.5 Å². The minimum Gasteiger partial charge on any atom is -0.275 e. The van der Waals surface area contributed by atoms with E-state index in [9.17, 15) is 0 Å². The predicted octanol–water partition coefficient (Wildman–Crippen LogP) is 5.16. The maximum absolute atomic E-state index is 4.56. The summed E-state index contributed by atoms with van der Waals surface area (Å²) in [5, 5.41) is 9.09. The van der Waals surface area contributed by atoms with Crippen LogP contribution in [-0.2, 0) is 6.42 Å². The third-order valence-electron chi connectivity index (χ3n) is 4.35. The Kier molecular flexibility index (Phi) is 4.13. The lowest BCUT2D eigenvalue weighted by Gasteiger charge is -2.12. The Balaban J connectivity index is 1.99. The molecule has 4 rings (SSSR count). The van der Waals surface area contributed by atoms with E-state index in [-0.39, 0.29) is 0 Å². The van der Waals surface area contributed by atoms with Gasteiger partial charge in [0.25, 0.3) is 0 Å². The van der Waals surface area contributed by atoms with Gasteiger partial charge in [-0.2, -0.15) is 0 Å². The van der Waals surface area contributed by atoms with Crippen molar-refractivity contribution in [1.82, 2.24) is 14.8 Å². The van der Waals surface area contributed by atoms with E-state index in [1.165, 1.54) is 5.56 Å². The van der Waals surface area contributed by atoms with Gasteiger partial charge in [-0.25, -0.2) is 0 Å². The minimum atomic E-state index is 0.854. The molecule has 0 aliphatic rings. The summed E-state index contributed by atoms with van der Waals surface area (Å²) in [4.78, 5) is 0. The van der Waals surface area contributed by atoms with Gasteiger partial charge in [0.05, 0.1) is 0 Å². The summed E-state index contributed by atoms with van der Waals surface area (Å²) in [6, 6.07) is 28.9. The molecule has 0 amide bonds. The minimum absolute atomic E-state index is 0.854. The zero-order valence-electron chi connectivity index (χ0n) is 14.1. The molecule has 0 N–H and O–H groups in total. The molecule has 1 heterocycles. The topological polar surface area (TPSA) is 30.7 Å². The molecule has 0 bridgehead atoms. The summed E-state index contributed by atoms with van der Waals surface area (Å²) in [5.41, 5.74) is 4.52. The number of benzene rings is 3. The SMILES string of the molecule is CCc1ccccc1-c1nnc(-c2ccccc2)n1-c1ccccc1. The Hall–Kier alpha value is -3.20. The first-order chi connectivity index (χ1) is 12.4. The highest BCUT2D eigenvalue weighted by Gasteiger charge is 2.18. The fourth-order valence-corrected chi connectivity index (χ4v) is 3.10. The highest BCUT2D eigenvalue weighted by molar-refractivity contribution is 5.68. The van der Waals surface area contributed by atoms with Crippen molar-refractivity contribution in [3.8, 4) is 28.5 Å². The van der Waals surface area contributed by atoms with Crippen LogP contribution in [0.15, 0.2) is 84.9 Å². The third kappa shape index (κ3) is 2.85. The zero-order chi connectivity index (χ0) is 17.1. The first-order valence-electron chi connectivity index (χ1n) is 8.53. The van der Waals surface area contributed by atoms with Crippen molar-refractivity contribution in [2.24, 2.45) is 0 Å². The summed E-state index contributed by atoms with van der Waals surface area (Å²) >= 11 is 0. The van der Waals surface area contributed by atoms with Crippen molar-refractivity contribution >= 4 is 0 Å². The van der Waals surface area contributed by atoms with Gasteiger partial charge in [-0.05, 0) is 24.1 Å². The van der Waals surface area contributed by atoms with Crippen molar-refractivity contribution in [2.45, 2.75) is 13.3 Å². The van der Waals surface area contributed by atoms with Gasteiger partial charge < -0.3 is 0 Å². The van der Waals surface area contributed by atoms with Crippen LogP contribution in [0.4, 0.5) is 0 Å². The molecule has 0 atom stereocenters. The second-order valence-corrected chi connectivity index (χ2v) is 5.89. The molecular weight excluding hydrogens is 306 g/mol. The Morgan fingerprint density at radius 1 is 0.680 bits per heavy atom. The van der Waals surface area contributed by atoms with Crippen molar-refractivity contribution < 1.29 is 0 Å². The van der Waals surface area contributed by atoms with Crippen LogP contribution in [0.1, 0.15) is 12.5 Å². The van der Waals surface area contributed by atoms with Crippen LogP contribution in [0.2, 0.25) is 0 Å². The molecule has 1 aromatic heterocycles. The Morgan fingerprint density at radius 2 is 1.28 bits per heavy atom. The van der Waals surface area contributed by atoms with Gasteiger partial charge in [-0.15, -0.1) is 10.2 Å². The molecule has 3 nitrogen and oxygen atoms in total. The third-order valence-corrected chi connectivity index (χ3v) is 4.35. The summed E-state index contributed by atoms with van der Waals surface area (Å²) < 4.78 is 2.14. The average Bonchev–Trinajstić information content (AvgIpc) is 3.14. The highest BCUT2D eigenvalue weighted by Crippen LogP contribution is 2.30. The molecule has 3 aromatic carbocycles. The fourth-order valence-electron chi connectivity index (χ4n) is 3.10. The average molecular weight is 325 g/mol. The maximum atomic E-state index is 4.56. The summed E-state index contributed by atoms with van der Waals surface area (Å²) in [5.74, 6) is 1.73. The smallest absolute Gasteiger partial charge is 0.169 e. The van der Waals surface area contributed by atoms with E-state index in [1.807, 2.05) is 36.4 Å². The maximum Gasteiger partial charge on any atom is 0.169 e. The van der Waals surface area contributed by atoms with E-state index >= 15 is 0 Å². The second kappa shape index (κ2) is 6.73. The van der Waals surface area contributed by atoms with Crippen molar-refractivity contribution in [3.63, 3.8) is 0 Å². The van der Waals surface area contributed by atoms with E-state index in [4.69, 9.17) is 0 Å². The van der Waals surface area contributed by atoms with Crippen LogP contribution in [0.5, 0.6) is 0 Å². The van der Waals surface area contributed by atoms with E-state index in [2.05, 4.69) is 70.2 Å². The van der Waals surface area contributed by atoms with Crippen LogP contribution >= 0.6 is 0 Å². The lowest BCUT2D eigenvalue weighted by Crippen LogP contribution is -2.01. The number of aromatic nitrogens is 3. The largest absolute Gasteiger partial charge is 0.275 e. The van der Waals surface area contributed by atoms with E-state index < -0.39 is 0 Å². The standard InChI is InChI=1S/C22H19N3/c1-2-17-11-9-10-16-20(17)22-24-23-21(18-12-5-3-6-13-18)25(22)19-14-7-4-8-15-19/h3-16H,2H2,1H3. The van der Waals surface area contributed by atoms with Crippen LogP contribution in [-0.4, -0.2) is 14.8 Å². The number of aryl methyl sites for hydroxylation is 1. The Morgan fingerprint density at radius 3 is 2.00 bits per heavy atom. The van der Waals surface area contributed by atoms with Crippen LogP contribution < -0.4 is 0 Å². The van der Waals surface area contributed by atoms with Gasteiger partial charge in [-0.3, -0.25) is 4.57 Å². The molecule has 0 aliphatic heterocycles. The number of nitrogens with zero attached hydrogens (tertiary/aromatic N) is 3. The van der Waals surface area contributed by atoms with E-state index in [0.717, 1.165) is 34.9 Å². The summed E-state index contributed by atoms with van der Waals surface area (Å²) in [6.07, 6.45) is 0.957. The van der Waals surface area contributed by atoms with Crippen LogP contribution in [0, 0.1) is 0 Å². The first kappa shape index (κ1) is 15.3. The first-order valence-corrected chi connectivity index (χ1v) is 8.53. The Labute approximate surface area is 147 Å². The predicted molar refractivity (Wildman–Crippen MR) is 102 cm³/mol. The van der Waals surface area contributed by atoms with Crippen molar-refractivity contribution in [1.29, 1.82) is 0 Å². The molecule has 0 radical (unpaired) electrons. The Bertz CT molecular complexity index is 973. The molecule has 4 aromatic rings. The molecule has 0 unspecified atom stereocenters. The monoisotopic (exact) mass is 325 g/mol. The van der Waals surface area contributed by atoms with E-state index in [0.29, 0.717) is 0 Å². The second-order valence-electron chi connectivity index (χ2n) is 5.89. The molecule has 0 saturated heterocycles. The van der Waals surface area contributed by atoms with Gasteiger partial charge in [0, 0.05) is 16.8 Å². The van der Waals surface area contributed by atoms with Gasteiger partial charge >= 0.3 is 0 Å². The lowest BCUT2D eigenvalue weighted by molar-refractivity contribution is 1.05. The number of hydrogen-bond donors (Lipinski definition) is 0. The quantitative estimate of drug-likeness (QED) is 0.518.